The Hall–Kier alpha value is -2.68. The van der Waals surface area contributed by atoms with E-state index in [9.17, 15) is 10.1 Å². The Balaban J connectivity index is 1.96. The molecule has 0 fully saturated rings. The average molecular weight is 317 g/mol. The van der Waals surface area contributed by atoms with Crippen molar-refractivity contribution in [3.05, 3.63) is 73.8 Å². The number of fused-ring (bicyclic) bond motifs is 5. The van der Waals surface area contributed by atoms with Crippen LogP contribution >= 0.6 is 0 Å². The normalized spacial score (nSPS) is 16.5. The van der Waals surface area contributed by atoms with Gasteiger partial charge in [0, 0.05) is 13.0 Å². The first-order chi connectivity index (χ1) is 11.6. The van der Waals surface area contributed by atoms with Gasteiger partial charge in [-0.25, -0.2) is 0 Å². The Bertz CT molecular complexity index is 1040. The van der Waals surface area contributed by atoms with E-state index < -0.39 is 0 Å². The molecule has 2 aliphatic carbocycles. The van der Waals surface area contributed by atoms with Crippen LogP contribution in [0.2, 0.25) is 0 Å². The molecule has 3 heteroatoms. The molecule has 0 spiro atoms. The molecule has 0 radical (unpaired) electrons. The minimum atomic E-state index is -0.328. The molecule has 2 aromatic rings. The van der Waals surface area contributed by atoms with Crippen molar-refractivity contribution in [2.75, 3.05) is 0 Å². The highest BCUT2D eigenvalue weighted by Gasteiger charge is 2.13. The summed E-state index contributed by atoms with van der Waals surface area (Å²) in [7, 11) is 0. The third-order valence-electron chi connectivity index (χ3n) is 5.00. The van der Waals surface area contributed by atoms with Crippen LogP contribution in [0.4, 0.5) is 0 Å². The molecule has 0 N–H and O–H groups in total. The van der Waals surface area contributed by atoms with Crippen LogP contribution in [-0.2, 0) is 6.42 Å². The highest BCUT2D eigenvalue weighted by atomic mass is 16.6. The summed E-state index contributed by atoms with van der Waals surface area (Å²) in [4.78, 5) is 10.6. The third-order valence-corrected chi connectivity index (χ3v) is 5.00. The first kappa shape index (κ1) is 14.9. The summed E-state index contributed by atoms with van der Waals surface area (Å²) in [6, 6.07) is 8.76. The Kier molecular flexibility index (Phi) is 3.57. The van der Waals surface area contributed by atoms with Crippen molar-refractivity contribution in [1.82, 2.24) is 0 Å². The molecule has 0 atom stereocenters. The number of nitrogens with zero attached hydrogens (tertiary/aromatic N) is 1. The van der Waals surface area contributed by atoms with Gasteiger partial charge in [0.05, 0.1) is 4.92 Å². The topological polar surface area (TPSA) is 43.1 Å². The van der Waals surface area contributed by atoms with Crippen LogP contribution in [0.5, 0.6) is 0 Å². The molecule has 120 valence electrons. The fourth-order valence-electron chi connectivity index (χ4n) is 3.80. The number of hydrogen-bond donors (Lipinski definition) is 0. The maximum Gasteiger partial charge on any atom is 0.243 e. The van der Waals surface area contributed by atoms with Crippen LogP contribution in [0.25, 0.3) is 28.5 Å². The second-order valence-electron chi connectivity index (χ2n) is 6.50. The molecule has 0 heterocycles. The largest absolute Gasteiger partial charge is 0.259 e. The number of aryl methyl sites for hydroxylation is 1. The first-order valence-electron chi connectivity index (χ1n) is 8.43. The third kappa shape index (κ3) is 2.37. The van der Waals surface area contributed by atoms with Gasteiger partial charge in [0.15, 0.2) is 0 Å². The second-order valence-corrected chi connectivity index (χ2v) is 6.50. The molecule has 0 saturated carbocycles. The van der Waals surface area contributed by atoms with E-state index in [0.29, 0.717) is 0 Å². The summed E-state index contributed by atoms with van der Waals surface area (Å²) >= 11 is 0. The maximum absolute atomic E-state index is 11.0. The highest BCUT2D eigenvalue weighted by molar-refractivity contribution is 5.91. The van der Waals surface area contributed by atoms with Crippen molar-refractivity contribution in [3.8, 4) is 0 Å². The lowest BCUT2D eigenvalue weighted by atomic mass is 9.89. The van der Waals surface area contributed by atoms with Crippen LogP contribution < -0.4 is 10.4 Å². The van der Waals surface area contributed by atoms with Gasteiger partial charge in [-0.3, -0.25) is 10.1 Å². The van der Waals surface area contributed by atoms with E-state index in [4.69, 9.17) is 0 Å². The van der Waals surface area contributed by atoms with Crippen LogP contribution in [0.15, 0.2) is 42.1 Å². The summed E-state index contributed by atoms with van der Waals surface area (Å²) in [5.74, 6) is 0. The van der Waals surface area contributed by atoms with Crippen molar-refractivity contribution >= 4 is 28.5 Å². The molecule has 0 aliphatic heterocycles. The zero-order valence-electron chi connectivity index (χ0n) is 13.7. The Morgan fingerprint density at radius 2 is 1.88 bits per heavy atom. The summed E-state index contributed by atoms with van der Waals surface area (Å²) in [5.41, 5.74) is 3.65. The van der Waals surface area contributed by atoms with E-state index in [1.54, 1.807) is 13.0 Å². The Labute approximate surface area is 140 Å². The lowest BCUT2D eigenvalue weighted by Gasteiger charge is -2.15. The lowest BCUT2D eigenvalue weighted by molar-refractivity contribution is -0.424. The zero-order valence-corrected chi connectivity index (χ0v) is 13.7. The monoisotopic (exact) mass is 317 g/mol. The van der Waals surface area contributed by atoms with Gasteiger partial charge in [0.25, 0.3) is 0 Å². The average Bonchev–Trinajstić information content (AvgIpc) is 2.61. The standard InChI is InChI=1S/C21H19NO2/c1-14(22(23)24)13-16-6-4-8-19-18(16)11-12-20-17-7-3-2-5-15(17)9-10-21(19)20/h6-13H,2-5H2,1H3. The van der Waals surface area contributed by atoms with Gasteiger partial charge in [-0.05, 0) is 63.6 Å². The van der Waals surface area contributed by atoms with E-state index in [-0.39, 0.29) is 10.6 Å². The number of nitro groups is 1. The number of allylic oxidation sites excluding steroid dienone is 4. The number of hydrogen-bond acceptors (Lipinski definition) is 2. The minimum absolute atomic E-state index is 0.174. The molecule has 0 bridgehead atoms. The van der Waals surface area contributed by atoms with Gasteiger partial charge in [0.1, 0.15) is 0 Å². The van der Waals surface area contributed by atoms with E-state index in [0.717, 1.165) is 30.4 Å². The maximum atomic E-state index is 11.0. The smallest absolute Gasteiger partial charge is 0.243 e. The van der Waals surface area contributed by atoms with Crippen molar-refractivity contribution < 1.29 is 4.92 Å². The summed E-state index contributed by atoms with van der Waals surface area (Å²) in [6.07, 6.45) is 12.7. The fraction of sp³-hybridized carbons (Fsp3) is 0.238. The molecule has 0 unspecified atom stereocenters. The Morgan fingerprint density at radius 3 is 2.71 bits per heavy atom. The summed E-state index contributed by atoms with van der Waals surface area (Å²) < 4.78 is 0. The van der Waals surface area contributed by atoms with Crippen LogP contribution in [0.1, 0.15) is 37.3 Å². The molecule has 0 amide bonds. The van der Waals surface area contributed by atoms with Gasteiger partial charge in [-0.2, -0.15) is 0 Å². The van der Waals surface area contributed by atoms with Crippen molar-refractivity contribution in [2.45, 2.75) is 32.6 Å². The predicted octanol–water partition coefficient (Wildman–Crippen LogP) is 3.70. The van der Waals surface area contributed by atoms with Gasteiger partial charge in [0.2, 0.25) is 5.70 Å². The molecular weight excluding hydrogens is 298 g/mol. The molecule has 0 aromatic heterocycles. The van der Waals surface area contributed by atoms with Gasteiger partial charge >= 0.3 is 0 Å². The van der Waals surface area contributed by atoms with E-state index >= 15 is 0 Å². The van der Waals surface area contributed by atoms with Crippen LogP contribution in [0.3, 0.4) is 0 Å². The number of benzene rings is 2. The van der Waals surface area contributed by atoms with E-state index in [1.165, 1.54) is 33.2 Å². The number of rotatable bonds is 2. The van der Waals surface area contributed by atoms with Crippen molar-refractivity contribution in [1.29, 1.82) is 0 Å². The molecule has 2 aromatic carbocycles. The molecular formula is C21H19NO2. The molecule has 24 heavy (non-hydrogen) atoms. The zero-order chi connectivity index (χ0) is 16.7. The van der Waals surface area contributed by atoms with Crippen molar-refractivity contribution in [3.63, 3.8) is 0 Å². The SMILES string of the molecule is CC(=CC1=CCC=c2c1ccc1c3c(ccc21)CCCC=3)[N+](=O)[O-]. The van der Waals surface area contributed by atoms with Gasteiger partial charge in [-0.15, -0.1) is 0 Å². The fourth-order valence-corrected chi connectivity index (χ4v) is 3.80. The quantitative estimate of drug-likeness (QED) is 0.626. The lowest BCUT2D eigenvalue weighted by Crippen LogP contribution is -2.19. The van der Waals surface area contributed by atoms with Gasteiger partial charge < -0.3 is 0 Å². The molecule has 3 nitrogen and oxygen atoms in total. The van der Waals surface area contributed by atoms with Crippen LogP contribution in [-0.4, -0.2) is 4.92 Å². The first-order valence-corrected chi connectivity index (χ1v) is 8.43. The minimum Gasteiger partial charge on any atom is -0.259 e. The highest BCUT2D eigenvalue weighted by Crippen LogP contribution is 2.23. The van der Waals surface area contributed by atoms with Crippen molar-refractivity contribution in [2.24, 2.45) is 0 Å². The summed E-state index contributed by atoms with van der Waals surface area (Å²) in [6.45, 7) is 1.55. The van der Waals surface area contributed by atoms with E-state index in [1.807, 2.05) is 0 Å². The summed E-state index contributed by atoms with van der Waals surface area (Å²) in [5, 5.41) is 16.1. The van der Waals surface area contributed by atoms with Gasteiger partial charge in [-0.1, -0.05) is 42.5 Å². The van der Waals surface area contributed by atoms with E-state index in [2.05, 4.69) is 42.5 Å². The molecule has 0 saturated heterocycles. The molecule has 2 aliphatic rings. The van der Waals surface area contributed by atoms with Crippen LogP contribution in [0, 0.1) is 10.1 Å². The second kappa shape index (κ2) is 5.75. The Morgan fingerprint density at radius 1 is 1.08 bits per heavy atom. The predicted molar refractivity (Wildman–Crippen MR) is 98.4 cm³/mol. The molecule has 4 rings (SSSR count).